The van der Waals surface area contributed by atoms with E-state index in [0.717, 1.165) is 17.8 Å². The zero-order valence-corrected chi connectivity index (χ0v) is 15.4. The van der Waals surface area contributed by atoms with Crippen LogP contribution in [0.5, 0.6) is 5.75 Å². The Bertz CT molecular complexity index is 935. The summed E-state index contributed by atoms with van der Waals surface area (Å²) in [6, 6.07) is 8.99. The minimum Gasteiger partial charge on any atom is -0.545 e. The van der Waals surface area contributed by atoms with Crippen molar-refractivity contribution >= 4 is 28.7 Å². The average molecular weight is 401 g/mol. The van der Waals surface area contributed by atoms with Gasteiger partial charge in [0.25, 0.3) is 11.4 Å². The summed E-state index contributed by atoms with van der Waals surface area (Å²) in [5.41, 5.74) is -1.23. The molecule has 29 heavy (non-hydrogen) atoms. The minimum absolute atomic E-state index is 0.204. The fourth-order valence-corrected chi connectivity index (χ4v) is 3.39. The molecule has 0 unspecified atom stereocenters. The maximum Gasteiger partial charge on any atom is 0.300 e. The Balaban J connectivity index is 1.95. The van der Waals surface area contributed by atoms with E-state index in [9.17, 15) is 30.1 Å². The molecule has 0 spiro atoms. The van der Waals surface area contributed by atoms with Crippen molar-refractivity contribution in [3.05, 3.63) is 62.2 Å². The van der Waals surface area contributed by atoms with Crippen molar-refractivity contribution in [2.45, 2.75) is 0 Å². The van der Waals surface area contributed by atoms with Crippen molar-refractivity contribution < 1.29 is 24.5 Å². The highest BCUT2D eigenvalue weighted by molar-refractivity contribution is 5.91. The molecule has 1 aliphatic rings. The van der Waals surface area contributed by atoms with Gasteiger partial charge in [-0.25, -0.2) is 0 Å². The number of hydrogen-bond acceptors (Lipinski definition) is 9. The number of carbonyl (C=O) groups is 1. The molecule has 0 bridgehead atoms. The summed E-state index contributed by atoms with van der Waals surface area (Å²) >= 11 is 0. The minimum atomic E-state index is -1.72. The van der Waals surface area contributed by atoms with Crippen molar-refractivity contribution in [2.75, 3.05) is 43.1 Å². The van der Waals surface area contributed by atoms with Crippen LogP contribution in [-0.2, 0) is 0 Å². The van der Waals surface area contributed by atoms with Gasteiger partial charge >= 0.3 is 0 Å². The molecule has 2 aromatic carbocycles. The van der Waals surface area contributed by atoms with Gasteiger partial charge in [0, 0.05) is 43.9 Å². The molecule has 11 heteroatoms. The molecule has 0 atom stereocenters. The molecule has 0 aliphatic carbocycles. The predicted octanol–water partition coefficient (Wildman–Crippen LogP) is 1.20. The molecule has 0 aromatic heterocycles. The molecular weight excluding hydrogens is 384 g/mol. The lowest BCUT2D eigenvalue weighted by Crippen LogP contribution is -2.47. The van der Waals surface area contributed by atoms with E-state index in [0.29, 0.717) is 18.8 Å². The summed E-state index contributed by atoms with van der Waals surface area (Å²) in [6.07, 6.45) is 0. The molecule has 2 aromatic rings. The number of ether oxygens (including phenoxy) is 1. The molecule has 0 radical (unpaired) electrons. The number of nitro groups is 2. The highest BCUT2D eigenvalue weighted by atomic mass is 16.6. The SMILES string of the molecule is COc1ccccc1N1CCN(c2c([N+](=O)[O-])cc(C(=O)[O-])cc2[N+](=O)[O-])CC1. The van der Waals surface area contributed by atoms with E-state index in [-0.39, 0.29) is 18.8 Å². The fraction of sp³-hybridized carbons (Fsp3) is 0.278. The Morgan fingerprint density at radius 3 is 1.97 bits per heavy atom. The zero-order chi connectivity index (χ0) is 21.1. The molecule has 0 saturated carbocycles. The number of para-hydroxylation sites is 2. The third-order valence-electron chi connectivity index (χ3n) is 4.72. The van der Waals surface area contributed by atoms with Crippen molar-refractivity contribution in [2.24, 2.45) is 0 Å². The summed E-state index contributed by atoms with van der Waals surface area (Å²) in [6.45, 7) is 1.42. The lowest BCUT2D eigenvalue weighted by atomic mass is 10.1. The number of benzene rings is 2. The molecule has 152 valence electrons. The maximum atomic E-state index is 11.5. The van der Waals surface area contributed by atoms with Crippen LogP contribution in [0.4, 0.5) is 22.7 Å². The number of piperazine rings is 1. The number of carbonyl (C=O) groups excluding carboxylic acids is 1. The van der Waals surface area contributed by atoms with E-state index in [4.69, 9.17) is 4.74 Å². The van der Waals surface area contributed by atoms with Gasteiger partial charge in [-0.15, -0.1) is 0 Å². The van der Waals surface area contributed by atoms with Gasteiger partial charge in [-0.2, -0.15) is 0 Å². The van der Waals surface area contributed by atoms with Gasteiger partial charge in [-0.05, 0) is 12.1 Å². The quantitative estimate of drug-likeness (QED) is 0.515. The second kappa shape index (κ2) is 8.00. The van der Waals surface area contributed by atoms with E-state index in [1.807, 2.05) is 29.2 Å². The fourth-order valence-electron chi connectivity index (χ4n) is 3.39. The number of methoxy groups -OCH3 is 1. The number of anilines is 2. The Kier molecular flexibility index (Phi) is 5.48. The zero-order valence-electron chi connectivity index (χ0n) is 15.4. The lowest BCUT2D eigenvalue weighted by molar-refractivity contribution is -0.392. The third kappa shape index (κ3) is 3.88. The number of nitrogens with zero attached hydrogens (tertiary/aromatic N) is 4. The average Bonchev–Trinajstić information content (AvgIpc) is 2.72. The van der Waals surface area contributed by atoms with Crippen LogP contribution >= 0.6 is 0 Å². The second-order valence-electron chi connectivity index (χ2n) is 6.31. The smallest absolute Gasteiger partial charge is 0.300 e. The van der Waals surface area contributed by atoms with Crippen LogP contribution in [-0.4, -0.2) is 49.1 Å². The first-order valence-corrected chi connectivity index (χ1v) is 8.64. The van der Waals surface area contributed by atoms with E-state index in [2.05, 4.69) is 0 Å². The van der Waals surface area contributed by atoms with Crippen LogP contribution in [0.2, 0.25) is 0 Å². The largest absolute Gasteiger partial charge is 0.545 e. The summed E-state index contributed by atoms with van der Waals surface area (Å²) in [7, 11) is 1.56. The summed E-state index contributed by atoms with van der Waals surface area (Å²) < 4.78 is 5.35. The number of hydrogen-bond donors (Lipinski definition) is 0. The molecule has 0 amide bonds. The van der Waals surface area contributed by atoms with Crippen molar-refractivity contribution in [1.29, 1.82) is 0 Å². The molecule has 1 fully saturated rings. The highest BCUT2D eigenvalue weighted by Crippen LogP contribution is 2.40. The molecular formula is C18H17N4O7-. The van der Waals surface area contributed by atoms with E-state index < -0.39 is 32.8 Å². The van der Waals surface area contributed by atoms with Crippen molar-refractivity contribution in [3.63, 3.8) is 0 Å². The van der Waals surface area contributed by atoms with Gasteiger partial charge in [0.15, 0.2) is 5.69 Å². The van der Waals surface area contributed by atoms with Crippen LogP contribution in [0.25, 0.3) is 0 Å². The Morgan fingerprint density at radius 1 is 0.966 bits per heavy atom. The molecule has 3 rings (SSSR count). The predicted molar refractivity (Wildman–Crippen MR) is 102 cm³/mol. The van der Waals surface area contributed by atoms with Gasteiger partial charge in [0.2, 0.25) is 0 Å². The van der Waals surface area contributed by atoms with E-state index >= 15 is 0 Å². The third-order valence-corrected chi connectivity index (χ3v) is 4.72. The number of carboxylic acid groups (broad SMARTS) is 1. The maximum absolute atomic E-state index is 11.5. The van der Waals surface area contributed by atoms with E-state index in [1.165, 1.54) is 4.90 Å². The Hall–Kier alpha value is -3.89. The summed E-state index contributed by atoms with van der Waals surface area (Å²) in [5.74, 6) is -1.04. The van der Waals surface area contributed by atoms with Crippen LogP contribution < -0.4 is 19.6 Å². The van der Waals surface area contributed by atoms with Gasteiger partial charge < -0.3 is 24.4 Å². The monoisotopic (exact) mass is 401 g/mol. The van der Waals surface area contributed by atoms with Gasteiger partial charge in [-0.3, -0.25) is 20.2 Å². The van der Waals surface area contributed by atoms with Gasteiger partial charge in [-0.1, -0.05) is 12.1 Å². The molecule has 11 nitrogen and oxygen atoms in total. The second-order valence-corrected chi connectivity index (χ2v) is 6.31. The van der Waals surface area contributed by atoms with Gasteiger partial charge in [0.05, 0.1) is 28.6 Å². The highest BCUT2D eigenvalue weighted by Gasteiger charge is 2.33. The number of nitro benzene ring substituents is 2. The van der Waals surface area contributed by atoms with Crippen LogP contribution in [0.3, 0.4) is 0 Å². The molecule has 1 saturated heterocycles. The molecule has 0 N–H and O–H groups in total. The first-order chi connectivity index (χ1) is 13.8. The van der Waals surface area contributed by atoms with Crippen LogP contribution in [0.15, 0.2) is 36.4 Å². The summed E-state index contributed by atoms with van der Waals surface area (Å²) in [4.78, 5) is 36.0. The van der Waals surface area contributed by atoms with E-state index in [1.54, 1.807) is 7.11 Å². The topological polar surface area (TPSA) is 142 Å². The Morgan fingerprint density at radius 2 is 1.48 bits per heavy atom. The van der Waals surface area contributed by atoms with Crippen molar-refractivity contribution in [1.82, 2.24) is 0 Å². The lowest BCUT2D eigenvalue weighted by Gasteiger charge is -2.37. The number of rotatable bonds is 6. The normalized spacial score (nSPS) is 13.8. The van der Waals surface area contributed by atoms with Gasteiger partial charge in [0.1, 0.15) is 5.75 Å². The number of carboxylic acids is 1. The van der Waals surface area contributed by atoms with Crippen LogP contribution in [0.1, 0.15) is 10.4 Å². The Labute approximate surface area is 165 Å². The first kappa shape index (κ1) is 19.9. The molecule has 1 heterocycles. The first-order valence-electron chi connectivity index (χ1n) is 8.64. The standard InChI is InChI=1S/C18H18N4O7/c1-29-16-5-3-2-4-13(16)19-6-8-20(9-7-19)17-14(21(25)26)10-12(18(23)24)11-15(17)22(27)28/h2-5,10-11H,6-9H2,1H3,(H,23,24)/p-1. The summed E-state index contributed by atoms with van der Waals surface area (Å²) in [5, 5.41) is 34.1. The number of aromatic carboxylic acids is 1. The molecule has 1 aliphatic heterocycles. The van der Waals surface area contributed by atoms with Crippen molar-refractivity contribution in [3.8, 4) is 5.75 Å². The van der Waals surface area contributed by atoms with Crippen LogP contribution in [0, 0.1) is 20.2 Å².